The van der Waals surface area contributed by atoms with Crippen LogP contribution in [-0.2, 0) is 21.4 Å². The van der Waals surface area contributed by atoms with Gasteiger partial charge in [-0.2, -0.15) is 0 Å². The van der Waals surface area contributed by atoms with Crippen LogP contribution >= 0.6 is 11.6 Å². The normalized spacial score (nSPS) is 20.0. The number of rotatable bonds is 6. The molecule has 0 bridgehead atoms. The minimum atomic E-state index is -3.49. The van der Waals surface area contributed by atoms with Gasteiger partial charge in [-0.25, -0.2) is 12.8 Å². The van der Waals surface area contributed by atoms with E-state index in [4.69, 9.17) is 11.6 Å². The van der Waals surface area contributed by atoms with Gasteiger partial charge in [-0.1, -0.05) is 29.8 Å². The number of piperazine rings is 1. The van der Waals surface area contributed by atoms with Crippen LogP contribution in [0.2, 0.25) is 5.02 Å². The fraction of sp³-hybridized carbons (Fsp3) is 0.348. The molecule has 1 N–H and O–H groups in total. The van der Waals surface area contributed by atoms with E-state index < -0.39 is 10.0 Å². The maximum atomic E-state index is 13.2. The van der Waals surface area contributed by atoms with Crippen LogP contribution in [0.25, 0.3) is 6.08 Å². The number of nitrogens with one attached hydrogen (secondary N) is 1. The minimum absolute atomic E-state index is 0.0115. The molecule has 1 saturated heterocycles. The molecule has 0 unspecified atom stereocenters. The second-order valence-electron chi connectivity index (χ2n) is 8.18. The highest BCUT2D eigenvalue weighted by atomic mass is 35.5. The van der Waals surface area contributed by atoms with Crippen LogP contribution in [0.15, 0.2) is 48.5 Å². The van der Waals surface area contributed by atoms with E-state index in [1.165, 1.54) is 24.3 Å². The van der Waals surface area contributed by atoms with Gasteiger partial charge in [0.1, 0.15) is 5.82 Å². The SMILES string of the molecule is C[C@@H]1CN(Cc2ccc(F)cc2)[C@@H](C)CN1C(=O)C=Cc1ccc(Cl)cc1NS(C)(=O)=O. The number of carbonyl (C=O) groups excluding carboxylic acids is 1. The van der Waals surface area contributed by atoms with E-state index in [1.54, 1.807) is 30.3 Å². The molecule has 2 atom stereocenters. The molecule has 32 heavy (non-hydrogen) atoms. The second kappa shape index (κ2) is 10.0. The highest BCUT2D eigenvalue weighted by Crippen LogP contribution is 2.24. The van der Waals surface area contributed by atoms with Gasteiger partial charge in [0.25, 0.3) is 0 Å². The largest absolute Gasteiger partial charge is 0.334 e. The van der Waals surface area contributed by atoms with Crippen molar-refractivity contribution in [2.45, 2.75) is 32.5 Å². The Balaban J connectivity index is 1.68. The molecule has 172 valence electrons. The average Bonchev–Trinajstić information content (AvgIpc) is 2.70. The van der Waals surface area contributed by atoms with Crippen LogP contribution in [0.4, 0.5) is 10.1 Å². The average molecular weight is 480 g/mol. The molecule has 1 heterocycles. The van der Waals surface area contributed by atoms with E-state index in [0.717, 1.165) is 11.8 Å². The highest BCUT2D eigenvalue weighted by Gasteiger charge is 2.31. The van der Waals surface area contributed by atoms with Crippen molar-refractivity contribution in [3.05, 3.63) is 70.5 Å². The van der Waals surface area contributed by atoms with Gasteiger partial charge in [-0.3, -0.25) is 14.4 Å². The summed E-state index contributed by atoms with van der Waals surface area (Å²) in [5.41, 5.74) is 1.89. The van der Waals surface area contributed by atoms with Crippen LogP contribution < -0.4 is 4.72 Å². The van der Waals surface area contributed by atoms with E-state index in [2.05, 4.69) is 16.5 Å². The summed E-state index contributed by atoms with van der Waals surface area (Å²) in [6.45, 7) is 6.00. The third-order valence-electron chi connectivity index (χ3n) is 5.41. The summed E-state index contributed by atoms with van der Waals surface area (Å²) in [7, 11) is -3.49. The van der Waals surface area contributed by atoms with Gasteiger partial charge in [0.05, 0.1) is 11.9 Å². The lowest BCUT2D eigenvalue weighted by Crippen LogP contribution is -2.57. The Morgan fingerprint density at radius 3 is 2.50 bits per heavy atom. The molecule has 2 aromatic carbocycles. The maximum Gasteiger partial charge on any atom is 0.246 e. The number of carbonyl (C=O) groups is 1. The molecule has 0 spiro atoms. The van der Waals surface area contributed by atoms with Gasteiger partial charge in [0.15, 0.2) is 0 Å². The Hall–Kier alpha value is -2.42. The van der Waals surface area contributed by atoms with Crippen molar-refractivity contribution in [1.29, 1.82) is 0 Å². The topological polar surface area (TPSA) is 69.7 Å². The second-order valence-corrected chi connectivity index (χ2v) is 10.4. The maximum absolute atomic E-state index is 13.2. The van der Waals surface area contributed by atoms with Gasteiger partial charge in [-0.15, -0.1) is 0 Å². The van der Waals surface area contributed by atoms with Crippen molar-refractivity contribution < 1.29 is 17.6 Å². The molecular formula is C23H27ClFN3O3S. The number of amides is 1. The van der Waals surface area contributed by atoms with Crippen LogP contribution in [0.5, 0.6) is 0 Å². The Morgan fingerprint density at radius 2 is 1.84 bits per heavy atom. The molecule has 6 nitrogen and oxygen atoms in total. The number of anilines is 1. The molecule has 2 aromatic rings. The molecule has 0 aliphatic carbocycles. The fourth-order valence-corrected chi connectivity index (χ4v) is 4.52. The van der Waals surface area contributed by atoms with Crippen molar-refractivity contribution in [3.8, 4) is 0 Å². The van der Waals surface area contributed by atoms with Crippen molar-refractivity contribution in [2.24, 2.45) is 0 Å². The molecule has 1 aliphatic rings. The first-order valence-electron chi connectivity index (χ1n) is 10.3. The fourth-order valence-electron chi connectivity index (χ4n) is 3.77. The van der Waals surface area contributed by atoms with Crippen molar-refractivity contribution in [2.75, 3.05) is 24.1 Å². The molecule has 0 aromatic heterocycles. The Bertz CT molecular complexity index is 1110. The third-order valence-corrected chi connectivity index (χ3v) is 6.24. The molecule has 0 saturated carbocycles. The van der Waals surface area contributed by atoms with Crippen LogP contribution in [0.1, 0.15) is 25.0 Å². The van der Waals surface area contributed by atoms with Crippen molar-refractivity contribution >= 4 is 39.3 Å². The summed E-state index contributed by atoms with van der Waals surface area (Å²) in [5, 5.41) is 0.388. The van der Waals surface area contributed by atoms with Gasteiger partial charge in [0, 0.05) is 42.8 Å². The molecule has 1 amide bonds. The molecule has 0 radical (unpaired) electrons. The summed E-state index contributed by atoms with van der Waals surface area (Å²) < 4.78 is 38.8. The number of hydrogen-bond acceptors (Lipinski definition) is 4. The highest BCUT2D eigenvalue weighted by molar-refractivity contribution is 7.92. The molecule has 1 aliphatic heterocycles. The third kappa shape index (κ3) is 6.54. The lowest BCUT2D eigenvalue weighted by molar-refractivity contribution is -0.131. The molecule has 9 heteroatoms. The molecular weight excluding hydrogens is 453 g/mol. The number of benzene rings is 2. The quantitative estimate of drug-likeness (QED) is 0.636. The van der Waals surface area contributed by atoms with Gasteiger partial charge in [0.2, 0.25) is 15.9 Å². The zero-order valence-electron chi connectivity index (χ0n) is 18.3. The molecule has 1 fully saturated rings. The summed E-state index contributed by atoms with van der Waals surface area (Å²) in [5.74, 6) is -0.404. The van der Waals surface area contributed by atoms with Crippen LogP contribution in [-0.4, -0.2) is 55.6 Å². The standard InChI is InChI=1S/C23H27ClFN3O3S/c1-16-14-28(17(2)13-27(16)15-18-4-9-21(25)10-5-18)23(29)11-7-19-6-8-20(24)12-22(19)26-32(3,30)31/h4-12,16-17,26H,13-15H2,1-3H3/t16-,17+/m0/s1. The summed E-state index contributed by atoms with van der Waals surface area (Å²) in [6, 6.07) is 11.4. The van der Waals surface area contributed by atoms with E-state index in [-0.39, 0.29) is 23.8 Å². The van der Waals surface area contributed by atoms with Crippen molar-refractivity contribution in [3.63, 3.8) is 0 Å². The van der Waals surface area contributed by atoms with Gasteiger partial charge in [-0.05, 0) is 55.3 Å². The van der Waals surface area contributed by atoms with Gasteiger partial charge < -0.3 is 4.90 Å². The Morgan fingerprint density at radius 1 is 1.16 bits per heavy atom. The lowest BCUT2D eigenvalue weighted by atomic mass is 10.1. The minimum Gasteiger partial charge on any atom is -0.334 e. The predicted octanol–water partition coefficient (Wildman–Crippen LogP) is 3.99. The summed E-state index contributed by atoms with van der Waals surface area (Å²) >= 11 is 5.99. The van der Waals surface area contributed by atoms with E-state index in [0.29, 0.717) is 35.9 Å². The smallest absolute Gasteiger partial charge is 0.246 e. The number of nitrogens with zero attached hydrogens (tertiary/aromatic N) is 2. The number of sulfonamides is 1. The Labute approximate surface area is 193 Å². The number of halogens is 2. The Kier molecular flexibility index (Phi) is 7.59. The summed E-state index contributed by atoms with van der Waals surface area (Å²) in [6.07, 6.45) is 4.10. The first kappa shape index (κ1) is 24.2. The van der Waals surface area contributed by atoms with Crippen LogP contribution in [0, 0.1) is 5.82 Å². The zero-order chi connectivity index (χ0) is 23.5. The molecule has 3 rings (SSSR count). The lowest BCUT2D eigenvalue weighted by Gasteiger charge is -2.44. The first-order chi connectivity index (χ1) is 15.0. The summed E-state index contributed by atoms with van der Waals surface area (Å²) in [4.78, 5) is 17.0. The van der Waals surface area contributed by atoms with E-state index in [9.17, 15) is 17.6 Å². The monoisotopic (exact) mass is 479 g/mol. The van der Waals surface area contributed by atoms with Crippen molar-refractivity contribution in [1.82, 2.24) is 9.80 Å². The van der Waals surface area contributed by atoms with Crippen LogP contribution in [0.3, 0.4) is 0 Å². The van der Waals surface area contributed by atoms with E-state index in [1.807, 2.05) is 11.8 Å². The van der Waals surface area contributed by atoms with Gasteiger partial charge >= 0.3 is 0 Å². The number of hydrogen-bond donors (Lipinski definition) is 1. The first-order valence-corrected chi connectivity index (χ1v) is 12.5. The predicted molar refractivity (Wildman–Crippen MR) is 126 cm³/mol. The zero-order valence-corrected chi connectivity index (χ0v) is 19.8. The van der Waals surface area contributed by atoms with E-state index >= 15 is 0 Å².